The zero-order valence-corrected chi connectivity index (χ0v) is 14.6. The molecule has 1 unspecified atom stereocenters. The Morgan fingerprint density at radius 2 is 1.67 bits per heavy atom. The zero-order chi connectivity index (χ0) is 20.2. The molecule has 0 bridgehead atoms. The van der Waals surface area contributed by atoms with Crippen LogP contribution >= 0.6 is 0 Å². The van der Waals surface area contributed by atoms with Crippen LogP contribution in [0.4, 0.5) is 23.2 Å². The molecular formula is C19H18F4N2O2. The van der Waals surface area contributed by atoms with E-state index in [9.17, 15) is 27.2 Å². The summed E-state index contributed by atoms with van der Waals surface area (Å²) in [4.78, 5) is 24.7. The van der Waals surface area contributed by atoms with Crippen LogP contribution in [0.5, 0.6) is 0 Å². The molecule has 2 N–H and O–H groups in total. The first kappa shape index (κ1) is 20.4. The van der Waals surface area contributed by atoms with Crippen LogP contribution in [-0.2, 0) is 11.0 Å². The molecule has 144 valence electrons. The van der Waals surface area contributed by atoms with Crippen molar-refractivity contribution in [2.75, 3.05) is 5.32 Å². The first-order chi connectivity index (χ1) is 12.6. The topological polar surface area (TPSA) is 58.2 Å². The van der Waals surface area contributed by atoms with Gasteiger partial charge in [-0.3, -0.25) is 9.59 Å². The Kier molecular flexibility index (Phi) is 6.20. The summed E-state index contributed by atoms with van der Waals surface area (Å²) < 4.78 is 52.1. The number of hydrogen-bond acceptors (Lipinski definition) is 2. The molecule has 0 radical (unpaired) electrons. The number of alkyl halides is 3. The number of carbonyl (C=O) groups is 2. The molecule has 8 heteroatoms. The monoisotopic (exact) mass is 382 g/mol. The normalized spacial score (nSPS) is 12.6. The van der Waals surface area contributed by atoms with Crippen molar-refractivity contribution in [3.8, 4) is 0 Å². The fraction of sp³-hybridized carbons (Fsp3) is 0.263. The maximum atomic E-state index is 13.7. The van der Waals surface area contributed by atoms with Crippen LogP contribution in [-0.4, -0.2) is 17.9 Å². The number of anilines is 1. The Morgan fingerprint density at radius 3 is 2.26 bits per heavy atom. The fourth-order valence-electron chi connectivity index (χ4n) is 2.39. The molecule has 4 nitrogen and oxygen atoms in total. The molecule has 27 heavy (non-hydrogen) atoms. The first-order valence-corrected chi connectivity index (χ1v) is 8.13. The van der Waals surface area contributed by atoms with Gasteiger partial charge in [0.2, 0.25) is 5.91 Å². The lowest BCUT2D eigenvalue weighted by Crippen LogP contribution is -2.47. The smallest absolute Gasteiger partial charge is 0.340 e. The lowest BCUT2D eigenvalue weighted by molar-refractivity contribution is -0.137. The van der Waals surface area contributed by atoms with Gasteiger partial charge in [-0.2, -0.15) is 13.2 Å². The highest BCUT2D eigenvalue weighted by molar-refractivity contribution is 6.01. The van der Waals surface area contributed by atoms with Crippen molar-refractivity contribution in [2.45, 2.75) is 26.1 Å². The summed E-state index contributed by atoms with van der Waals surface area (Å²) in [6.45, 7) is 3.30. The SMILES string of the molecule is CC(C)C(NC(=O)c1ccccc1F)C(=O)Nc1cccc(C(F)(F)F)c1. The second-order valence-corrected chi connectivity index (χ2v) is 6.24. The lowest BCUT2D eigenvalue weighted by Gasteiger charge is -2.22. The molecule has 2 amide bonds. The fourth-order valence-corrected chi connectivity index (χ4v) is 2.39. The van der Waals surface area contributed by atoms with Crippen molar-refractivity contribution in [3.63, 3.8) is 0 Å². The number of carbonyl (C=O) groups excluding carboxylic acids is 2. The van der Waals surface area contributed by atoms with Crippen molar-refractivity contribution in [1.82, 2.24) is 5.32 Å². The average molecular weight is 382 g/mol. The summed E-state index contributed by atoms with van der Waals surface area (Å²) >= 11 is 0. The van der Waals surface area contributed by atoms with Crippen LogP contribution in [0, 0.1) is 11.7 Å². The Labute approximate surface area is 153 Å². The highest BCUT2D eigenvalue weighted by Crippen LogP contribution is 2.30. The Hall–Kier alpha value is -2.90. The molecule has 0 aliphatic rings. The molecule has 0 saturated carbocycles. The van der Waals surface area contributed by atoms with E-state index < -0.39 is 35.4 Å². The van der Waals surface area contributed by atoms with E-state index in [1.54, 1.807) is 13.8 Å². The Balaban J connectivity index is 2.16. The van der Waals surface area contributed by atoms with E-state index in [1.165, 1.54) is 30.3 Å². The minimum atomic E-state index is -4.54. The molecule has 0 heterocycles. The van der Waals surface area contributed by atoms with E-state index in [-0.39, 0.29) is 17.2 Å². The summed E-state index contributed by atoms with van der Waals surface area (Å²) in [5.41, 5.74) is -1.19. The molecular weight excluding hydrogens is 364 g/mol. The third kappa shape index (κ3) is 5.29. The maximum absolute atomic E-state index is 13.7. The van der Waals surface area contributed by atoms with Gasteiger partial charge in [-0.05, 0) is 36.2 Å². The van der Waals surface area contributed by atoms with Gasteiger partial charge in [0.05, 0.1) is 11.1 Å². The second kappa shape index (κ2) is 8.20. The van der Waals surface area contributed by atoms with Gasteiger partial charge in [-0.1, -0.05) is 32.0 Å². The molecule has 0 spiro atoms. The van der Waals surface area contributed by atoms with Gasteiger partial charge in [0, 0.05) is 5.69 Å². The van der Waals surface area contributed by atoms with E-state index in [2.05, 4.69) is 10.6 Å². The maximum Gasteiger partial charge on any atom is 0.416 e. The largest absolute Gasteiger partial charge is 0.416 e. The number of hydrogen-bond donors (Lipinski definition) is 2. The third-order valence-corrected chi connectivity index (χ3v) is 3.81. The van der Waals surface area contributed by atoms with Crippen LogP contribution in [0.2, 0.25) is 0 Å². The van der Waals surface area contributed by atoms with Crippen LogP contribution in [0.25, 0.3) is 0 Å². The number of rotatable bonds is 5. The number of benzene rings is 2. The summed E-state index contributed by atoms with van der Waals surface area (Å²) in [7, 11) is 0. The molecule has 0 fully saturated rings. The highest BCUT2D eigenvalue weighted by atomic mass is 19.4. The molecule has 0 aromatic heterocycles. The van der Waals surface area contributed by atoms with Crippen molar-refractivity contribution < 1.29 is 27.2 Å². The summed E-state index contributed by atoms with van der Waals surface area (Å²) in [6, 6.07) is 8.38. The molecule has 2 aromatic carbocycles. The van der Waals surface area contributed by atoms with Crippen LogP contribution in [0.15, 0.2) is 48.5 Å². The van der Waals surface area contributed by atoms with Gasteiger partial charge < -0.3 is 10.6 Å². The summed E-state index contributed by atoms with van der Waals surface area (Å²) in [6.07, 6.45) is -4.54. The van der Waals surface area contributed by atoms with E-state index in [0.29, 0.717) is 0 Å². The first-order valence-electron chi connectivity index (χ1n) is 8.13. The van der Waals surface area contributed by atoms with Crippen molar-refractivity contribution >= 4 is 17.5 Å². The molecule has 2 rings (SSSR count). The molecule has 0 aliphatic heterocycles. The average Bonchev–Trinajstić information content (AvgIpc) is 2.59. The number of amides is 2. The van der Waals surface area contributed by atoms with E-state index in [1.807, 2.05) is 0 Å². The predicted molar refractivity (Wildman–Crippen MR) is 92.6 cm³/mol. The van der Waals surface area contributed by atoms with Gasteiger partial charge in [0.25, 0.3) is 5.91 Å². The Morgan fingerprint density at radius 1 is 1.00 bits per heavy atom. The number of nitrogens with one attached hydrogen (secondary N) is 2. The Bertz CT molecular complexity index is 834. The predicted octanol–water partition coefficient (Wildman–Crippen LogP) is 4.24. The van der Waals surface area contributed by atoms with E-state index in [0.717, 1.165) is 18.2 Å². The van der Waals surface area contributed by atoms with Gasteiger partial charge in [-0.15, -0.1) is 0 Å². The quantitative estimate of drug-likeness (QED) is 0.760. The van der Waals surface area contributed by atoms with Crippen molar-refractivity contribution in [3.05, 3.63) is 65.5 Å². The van der Waals surface area contributed by atoms with E-state index >= 15 is 0 Å². The summed E-state index contributed by atoms with van der Waals surface area (Å²) in [5.74, 6) is -2.61. The van der Waals surface area contributed by atoms with Gasteiger partial charge in [-0.25, -0.2) is 4.39 Å². The standard InChI is InChI=1S/C19H18F4N2O2/c1-11(2)16(25-17(26)14-8-3-4-9-15(14)20)18(27)24-13-7-5-6-12(10-13)19(21,22)23/h3-11,16H,1-2H3,(H,24,27)(H,25,26). The summed E-state index contributed by atoms with van der Waals surface area (Å²) in [5, 5.41) is 4.79. The van der Waals surface area contributed by atoms with Crippen LogP contribution in [0.1, 0.15) is 29.8 Å². The molecule has 0 aliphatic carbocycles. The van der Waals surface area contributed by atoms with Crippen LogP contribution < -0.4 is 10.6 Å². The minimum Gasteiger partial charge on any atom is -0.340 e. The minimum absolute atomic E-state index is 0.0550. The van der Waals surface area contributed by atoms with Crippen molar-refractivity contribution in [2.24, 2.45) is 5.92 Å². The molecule has 1 atom stereocenters. The number of halogens is 4. The highest BCUT2D eigenvalue weighted by Gasteiger charge is 2.31. The zero-order valence-electron chi connectivity index (χ0n) is 14.6. The van der Waals surface area contributed by atoms with Crippen molar-refractivity contribution in [1.29, 1.82) is 0 Å². The van der Waals surface area contributed by atoms with Gasteiger partial charge in [0.15, 0.2) is 0 Å². The molecule has 2 aromatic rings. The van der Waals surface area contributed by atoms with E-state index in [4.69, 9.17) is 0 Å². The molecule has 0 saturated heterocycles. The second-order valence-electron chi connectivity index (χ2n) is 6.24. The van der Waals surface area contributed by atoms with Gasteiger partial charge in [0.1, 0.15) is 11.9 Å². The van der Waals surface area contributed by atoms with Crippen LogP contribution in [0.3, 0.4) is 0 Å². The van der Waals surface area contributed by atoms with Gasteiger partial charge >= 0.3 is 6.18 Å². The third-order valence-electron chi connectivity index (χ3n) is 3.81. The lowest BCUT2D eigenvalue weighted by atomic mass is 10.0.